The lowest BCUT2D eigenvalue weighted by Crippen LogP contribution is -2.13. The van der Waals surface area contributed by atoms with Gasteiger partial charge in [-0.05, 0) is 41.8 Å². The van der Waals surface area contributed by atoms with Gasteiger partial charge in [-0.15, -0.1) is 11.3 Å². The summed E-state index contributed by atoms with van der Waals surface area (Å²) in [6.45, 7) is 5.76. The van der Waals surface area contributed by atoms with E-state index < -0.39 is 0 Å². The molecule has 0 spiro atoms. The number of carbonyl (C=O) groups excluding carboxylic acids is 2. The first kappa shape index (κ1) is 19.4. The molecule has 0 saturated heterocycles. The summed E-state index contributed by atoms with van der Waals surface area (Å²) in [7, 11) is 0. The molecule has 1 aromatic heterocycles. The van der Waals surface area contributed by atoms with Crippen LogP contribution in [0.2, 0.25) is 0 Å². The van der Waals surface area contributed by atoms with Crippen molar-refractivity contribution in [2.24, 2.45) is 0 Å². The van der Waals surface area contributed by atoms with E-state index in [4.69, 9.17) is 0 Å². The van der Waals surface area contributed by atoms with Crippen LogP contribution in [0.1, 0.15) is 32.3 Å². The lowest BCUT2D eigenvalue weighted by Gasteiger charge is -2.08. The maximum Gasteiger partial charge on any atom is 0.234 e. The molecule has 0 bridgehead atoms. The lowest BCUT2D eigenvalue weighted by atomic mass is 10.0. The Labute approximate surface area is 166 Å². The van der Waals surface area contributed by atoms with Crippen LogP contribution in [0.25, 0.3) is 10.2 Å². The smallest absolute Gasteiger partial charge is 0.234 e. The van der Waals surface area contributed by atoms with Gasteiger partial charge in [0, 0.05) is 18.3 Å². The largest absolute Gasteiger partial charge is 0.326 e. The first-order valence-corrected chi connectivity index (χ1v) is 10.4. The van der Waals surface area contributed by atoms with Crippen LogP contribution in [0, 0.1) is 0 Å². The highest BCUT2D eigenvalue weighted by Gasteiger charge is 2.09. The average Bonchev–Trinajstić information content (AvgIpc) is 3.02. The van der Waals surface area contributed by atoms with Gasteiger partial charge >= 0.3 is 0 Å². The van der Waals surface area contributed by atoms with E-state index in [2.05, 4.69) is 29.5 Å². The number of fused-ring (bicyclic) bond motifs is 1. The van der Waals surface area contributed by atoms with Gasteiger partial charge in [-0.3, -0.25) is 9.59 Å². The van der Waals surface area contributed by atoms with Gasteiger partial charge in [-0.2, -0.15) is 0 Å². The van der Waals surface area contributed by atoms with Crippen molar-refractivity contribution in [1.29, 1.82) is 0 Å². The van der Waals surface area contributed by atoms with Crippen LogP contribution in [-0.4, -0.2) is 22.6 Å². The minimum absolute atomic E-state index is 0.0597. The minimum atomic E-state index is -0.105. The number of carbonyl (C=O) groups is 2. The molecule has 2 N–H and O–H groups in total. The molecule has 2 aromatic carbocycles. The second kappa shape index (κ2) is 8.54. The fourth-order valence-corrected chi connectivity index (χ4v) is 4.43. The molecule has 0 aliphatic rings. The van der Waals surface area contributed by atoms with Gasteiger partial charge in [-0.1, -0.05) is 37.7 Å². The number of nitrogens with zero attached hydrogens (tertiary/aromatic N) is 1. The number of hydrogen-bond donors (Lipinski definition) is 2. The molecule has 140 valence electrons. The molecular formula is C20H21N3O2S2. The number of amides is 2. The SMILES string of the molecule is CC(=O)Nc1ccc2nc(SCC(=O)Nc3ccc(C(C)C)cc3)sc2c1. The minimum Gasteiger partial charge on any atom is -0.326 e. The van der Waals surface area contributed by atoms with E-state index >= 15 is 0 Å². The molecule has 27 heavy (non-hydrogen) atoms. The summed E-state index contributed by atoms with van der Waals surface area (Å²) in [5.74, 6) is 0.599. The second-order valence-electron chi connectivity index (χ2n) is 6.46. The van der Waals surface area contributed by atoms with Gasteiger partial charge in [0.15, 0.2) is 4.34 Å². The van der Waals surface area contributed by atoms with Crippen molar-refractivity contribution in [2.75, 3.05) is 16.4 Å². The summed E-state index contributed by atoms with van der Waals surface area (Å²) < 4.78 is 1.81. The van der Waals surface area contributed by atoms with Gasteiger partial charge < -0.3 is 10.6 Å². The third-order valence-electron chi connectivity index (χ3n) is 3.88. The van der Waals surface area contributed by atoms with E-state index in [0.29, 0.717) is 11.7 Å². The van der Waals surface area contributed by atoms with Crippen molar-refractivity contribution >= 4 is 56.5 Å². The third kappa shape index (κ3) is 5.30. The predicted molar refractivity (Wildman–Crippen MR) is 114 cm³/mol. The zero-order valence-electron chi connectivity index (χ0n) is 15.4. The summed E-state index contributed by atoms with van der Waals surface area (Å²) >= 11 is 2.92. The van der Waals surface area contributed by atoms with Gasteiger partial charge in [-0.25, -0.2) is 4.98 Å². The van der Waals surface area contributed by atoms with Gasteiger partial charge in [0.25, 0.3) is 0 Å². The van der Waals surface area contributed by atoms with E-state index in [-0.39, 0.29) is 11.8 Å². The molecule has 3 rings (SSSR count). The third-order valence-corrected chi connectivity index (χ3v) is 6.04. The fraction of sp³-hybridized carbons (Fsp3) is 0.250. The van der Waals surface area contributed by atoms with Crippen LogP contribution in [0.5, 0.6) is 0 Å². The molecule has 0 radical (unpaired) electrons. The topological polar surface area (TPSA) is 71.1 Å². The number of benzene rings is 2. The Hall–Kier alpha value is -2.38. The quantitative estimate of drug-likeness (QED) is 0.565. The van der Waals surface area contributed by atoms with E-state index in [0.717, 1.165) is 25.9 Å². The van der Waals surface area contributed by atoms with Crippen LogP contribution in [0.3, 0.4) is 0 Å². The molecule has 0 unspecified atom stereocenters. The Morgan fingerprint density at radius 1 is 1.07 bits per heavy atom. The van der Waals surface area contributed by atoms with Gasteiger partial charge in [0.05, 0.1) is 16.0 Å². The normalized spacial score (nSPS) is 11.0. The standard InChI is InChI=1S/C20H21N3O2S2/c1-12(2)14-4-6-15(7-5-14)22-19(25)11-26-20-23-17-9-8-16(21-13(3)24)10-18(17)27-20/h4-10,12H,11H2,1-3H3,(H,21,24)(H,22,25). The number of nitrogens with one attached hydrogen (secondary N) is 2. The van der Waals surface area contributed by atoms with Crippen molar-refractivity contribution in [1.82, 2.24) is 4.98 Å². The number of rotatable bonds is 6. The molecule has 7 heteroatoms. The Balaban J connectivity index is 1.58. The first-order valence-electron chi connectivity index (χ1n) is 8.61. The highest BCUT2D eigenvalue weighted by atomic mass is 32.2. The van der Waals surface area contributed by atoms with Crippen molar-refractivity contribution in [3.05, 3.63) is 48.0 Å². The average molecular weight is 400 g/mol. The molecular weight excluding hydrogens is 378 g/mol. The fourth-order valence-electron chi connectivity index (χ4n) is 2.52. The zero-order valence-corrected chi connectivity index (χ0v) is 17.0. The predicted octanol–water partition coefficient (Wildman–Crippen LogP) is 5.11. The monoisotopic (exact) mass is 399 g/mol. The Morgan fingerprint density at radius 2 is 1.78 bits per heavy atom. The Bertz CT molecular complexity index is 965. The summed E-state index contributed by atoms with van der Waals surface area (Å²) in [6.07, 6.45) is 0. The number of anilines is 2. The molecule has 0 atom stereocenters. The van der Waals surface area contributed by atoms with Gasteiger partial charge in [0.1, 0.15) is 0 Å². The van der Waals surface area contributed by atoms with Crippen molar-refractivity contribution in [3.8, 4) is 0 Å². The van der Waals surface area contributed by atoms with Gasteiger partial charge in [0.2, 0.25) is 11.8 Å². The number of aromatic nitrogens is 1. The molecule has 1 heterocycles. The molecule has 3 aromatic rings. The highest BCUT2D eigenvalue weighted by Crippen LogP contribution is 2.31. The first-order chi connectivity index (χ1) is 12.9. The van der Waals surface area contributed by atoms with Crippen LogP contribution < -0.4 is 10.6 Å². The maximum absolute atomic E-state index is 12.2. The number of thiazole rings is 1. The van der Waals surface area contributed by atoms with Crippen molar-refractivity contribution in [2.45, 2.75) is 31.0 Å². The summed E-state index contributed by atoms with van der Waals surface area (Å²) in [5, 5.41) is 5.68. The van der Waals surface area contributed by atoms with Crippen molar-refractivity contribution in [3.63, 3.8) is 0 Å². The molecule has 5 nitrogen and oxygen atoms in total. The van der Waals surface area contributed by atoms with Crippen molar-refractivity contribution < 1.29 is 9.59 Å². The zero-order chi connectivity index (χ0) is 19.4. The lowest BCUT2D eigenvalue weighted by molar-refractivity contribution is -0.114. The second-order valence-corrected chi connectivity index (χ2v) is 8.71. The molecule has 0 fully saturated rings. The molecule has 0 aliphatic carbocycles. The molecule has 2 amide bonds. The van der Waals surface area contributed by atoms with Crippen LogP contribution in [0.4, 0.5) is 11.4 Å². The van der Waals surface area contributed by atoms with E-state index in [1.165, 1.54) is 35.6 Å². The highest BCUT2D eigenvalue weighted by molar-refractivity contribution is 8.01. The molecule has 0 aliphatic heterocycles. The Morgan fingerprint density at radius 3 is 2.44 bits per heavy atom. The Kier molecular flexibility index (Phi) is 6.13. The van der Waals surface area contributed by atoms with Crippen LogP contribution in [-0.2, 0) is 9.59 Å². The molecule has 0 saturated carbocycles. The van der Waals surface area contributed by atoms with Crippen LogP contribution >= 0.6 is 23.1 Å². The number of hydrogen-bond acceptors (Lipinski definition) is 5. The van der Waals surface area contributed by atoms with Crippen LogP contribution in [0.15, 0.2) is 46.8 Å². The van der Waals surface area contributed by atoms with E-state index in [1.54, 1.807) is 0 Å². The maximum atomic E-state index is 12.2. The summed E-state index contributed by atoms with van der Waals surface area (Å²) in [4.78, 5) is 27.9. The van der Waals surface area contributed by atoms with E-state index in [1.807, 2.05) is 42.5 Å². The summed E-state index contributed by atoms with van der Waals surface area (Å²) in [6, 6.07) is 13.5. The van der Waals surface area contributed by atoms with E-state index in [9.17, 15) is 9.59 Å². The summed E-state index contributed by atoms with van der Waals surface area (Å²) in [5.41, 5.74) is 3.66. The number of thioether (sulfide) groups is 1.